The van der Waals surface area contributed by atoms with Crippen LogP contribution < -0.4 is 84.6 Å². The average Bonchev–Trinajstić information content (AvgIpc) is 0.642. The van der Waals surface area contributed by atoms with Crippen LogP contribution >= 0.6 is 0 Å². The lowest BCUT2D eigenvalue weighted by Gasteiger charge is -2.57. The molecule has 9 aromatic rings. The lowest BCUT2D eigenvalue weighted by molar-refractivity contribution is 0.590. The fraction of sp³-hybridized carbons (Fsp3) is 0.359. The number of hydrogen-bond acceptors (Lipinski definition) is 5. The molecule has 0 amide bonds. The zero-order chi connectivity index (χ0) is 60.8. The van der Waals surface area contributed by atoms with Gasteiger partial charge >= 0.3 is 0 Å². The first-order valence-electron chi connectivity index (χ1n) is 33.5. The fourth-order valence-corrected chi connectivity index (χ4v) is 19.1. The molecule has 0 saturated heterocycles. The number of fused-ring (bicyclic) bond motifs is 18. The van der Waals surface area contributed by atoms with E-state index in [1.807, 2.05) is 0 Å². The largest absolute Gasteiger partial charge is 0.384 e. The van der Waals surface area contributed by atoms with E-state index in [1.54, 1.807) is 48.9 Å². The molecule has 9 aromatic carbocycles. The molecule has 0 spiro atoms. The van der Waals surface area contributed by atoms with E-state index >= 15 is 0 Å². The number of anilines is 11. The SMILES string of the molecule is CC(C)(C)c1ccc2c(c1)B1c3cc(C(C)(C)C)ccc3N3c4ccc(C(C)(C)C)cc4B4CN5CB6c7cc(C(C)(C)C)ccc7N7c8ccc(C(C)(C)C)cc8B8c9cc(C(C)(C)C)ccc9N9CB%10CN2c2c1c3c4c1c5c3c6c7c8c9c3c%10c21. The first-order valence-corrected chi connectivity index (χ1v) is 33.5. The topological polar surface area (TPSA) is 16.2 Å². The number of nitrogens with zero attached hydrogens (tertiary/aromatic N) is 5. The third-order valence-electron chi connectivity index (χ3n) is 23.6. The Kier molecular flexibility index (Phi) is 9.51. The molecule has 10 heteroatoms. The molecule has 19 rings (SSSR count). The predicted molar refractivity (Wildman–Crippen MR) is 387 cm³/mol. The van der Waals surface area contributed by atoms with Crippen molar-refractivity contribution >= 4 is 178 Å². The highest BCUT2D eigenvalue weighted by atomic mass is 15.2. The van der Waals surface area contributed by atoms with Crippen LogP contribution in [-0.2, 0) is 32.5 Å². The summed E-state index contributed by atoms with van der Waals surface area (Å²) in [5, 5.41) is 6.22. The van der Waals surface area contributed by atoms with Crippen LogP contribution in [0.1, 0.15) is 158 Å². The maximum atomic E-state index is 2.99. The molecule has 88 heavy (non-hydrogen) atoms. The van der Waals surface area contributed by atoms with Gasteiger partial charge in [0.1, 0.15) is 0 Å². The van der Waals surface area contributed by atoms with E-state index in [2.05, 4.69) is 258 Å². The van der Waals surface area contributed by atoms with Gasteiger partial charge in [0.25, 0.3) is 13.4 Å². The molecular formula is C78H80B5N5. The second-order valence-electron chi connectivity index (χ2n) is 34.9. The summed E-state index contributed by atoms with van der Waals surface area (Å²) in [7, 11) is 0. The molecule has 0 atom stereocenters. The van der Waals surface area contributed by atoms with Crippen molar-refractivity contribution < 1.29 is 0 Å². The molecule has 10 aliphatic rings. The van der Waals surface area contributed by atoms with E-state index in [-0.39, 0.29) is 66.1 Å². The van der Waals surface area contributed by atoms with Gasteiger partial charge in [-0.3, -0.25) is 0 Å². The molecular weight excluding hydrogens is 1060 g/mol. The van der Waals surface area contributed by atoms with Crippen molar-refractivity contribution in [3.8, 4) is 0 Å². The zero-order valence-corrected chi connectivity index (χ0v) is 55.3. The molecule has 0 bridgehead atoms. The Morgan fingerprint density at radius 3 is 0.864 bits per heavy atom. The summed E-state index contributed by atoms with van der Waals surface area (Å²) in [6.45, 7) is 44.1. The normalized spacial score (nSPS) is 17.2. The van der Waals surface area contributed by atoms with Gasteiger partial charge < -0.3 is 24.5 Å². The minimum Gasteiger partial charge on any atom is -0.384 e. The van der Waals surface area contributed by atoms with Gasteiger partial charge in [-0.2, -0.15) is 0 Å². The number of benzene rings is 9. The summed E-state index contributed by atoms with van der Waals surface area (Å²) < 4.78 is 0. The minimum atomic E-state index is -0.0285. The van der Waals surface area contributed by atoms with E-state index in [0.717, 1.165) is 25.8 Å². The molecule has 0 radical (unpaired) electrons. The molecule has 0 saturated carbocycles. The van der Waals surface area contributed by atoms with E-state index in [9.17, 15) is 0 Å². The van der Waals surface area contributed by atoms with E-state index in [0.29, 0.717) is 0 Å². The first-order chi connectivity index (χ1) is 41.5. The van der Waals surface area contributed by atoms with Crippen LogP contribution in [0.4, 0.5) is 62.6 Å². The molecule has 0 fully saturated rings. The van der Waals surface area contributed by atoms with Crippen LogP contribution in [0, 0.1) is 0 Å². The summed E-state index contributed by atoms with van der Waals surface area (Å²) in [6, 6.07) is 46.2. The highest BCUT2D eigenvalue weighted by Crippen LogP contribution is 2.57. The van der Waals surface area contributed by atoms with E-state index in [1.165, 1.54) is 129 Å². The van der Waals surface area contributed by atoms with Gasteiger partial charge in [-0.1, -0.05) is 203 Å². The summed E-state index contributed by atoms with van der Waals surface area (Å²) in [5.74, 6) is 0. The van der Waals surface area contributed by atoms with Gasteiger partial charge in [-0.15, -0.1) is 0 Å². The number of rotatable bonds is 0. The van der Waals surface area contributed by atoms with Crippen LogP contribution in [-0.4, -0.2) is 59.3 Å². The maximum absolute atomic E-state index is 2.99. The van der Waals surface area contributed by atoms with Gasteiger partial charge in [0, 0.05) is 104 Å². The van der Waals surface area contributed by atoms with Gasteiger partial charge in [0.2, 0.25) is 20.1 Å². The lowest BCUT2D eigenvalue weighted by Crippen LogP contribution is -2.73. The zero-order valence-electron chi connectivity index (χ0n) is 55.3. The Morgan fingerprint density at radius 2 is 0.545 bits per heavy atom. The van der Waals surface area contributed by atoms with Crippen LogP contribution in [0.2, 0.25) is 0 Å². The maximum Gasteiger partial charge on any atom is 0.252 e. The fourth-order valence-electron chi connectivity index (χ4n) is 19.1. The Bertz CT molecular complexity index is 4540. The molecule has 0 N–H and O–H groups in total. The summed E-state index contributed by atoms with van der Waals surface area (Å²) >= 11 is 0. The van der Waals surface area contributed by atoms with Crippen molar-refractivity contribution in [3.05, 3.63) is 143 Å². The van der Waals surface area contributed by atoms with Crippen molar-refractivity contribution in [3.63, 3.8) is 0 Å². The standard InChI is InChI=1S/C78H80B5N5/c1-73(2,3)41-21-27-55-47(31-41)80-39-84-40-81-48-32-42(74(4,5)6)22-28-56(48)88-58-30-24-46(78(16,17)18)36-52(58)83-50-34-44(76(10,11)12)20-26-54(50)86-38-79-37-85-53-25-19-43(75(7,8)9)33-49(53)82-51-35-45(77(13,14)15)23-29-57(51)87(55)71-64(80)61-59(69(85)66(71)82)63(79)60-62(68(61)84)65(81)72(88)67(83)70(60)86/h19-36H,37-40H2,1-18H3. The molecule has 0 aromatic heterocycles. The minimum absolute atomic E-state index is 0.0183. The van der Waals surface area contributed by atoms with Crippen LogP contribution in [0.25, 0.3) is 21.5 Å². The molecule has 10 heterocycles. The molecule has 0 unspecified atom stereocenters. The third kappa shape index (κ3) is 6.32. The lowest BCUT2D eigenvalue weighted by atomic mass is 9.26. The van der Waals surface area contributed by atoms with E-state index in [4.69, 9.17) is 0 Å². The molecule has 432 valence electrons. The van der Waals surface area contributed by atoms with Crippen molar-refractivity contribution in [1.29, 1.82) is 0 Å². The van der Waals surface area contributed by atoms with Gasteiger partial charge in [-0.25, -0.2) is 0 Å². The Balaban J connectivity index is 1.04. The quantitative estimate of drug-likeness (QED) is 0.111. The Labute approximate surface area is 524 Å². The van der Waals surface area contributed by atoms with Crippen molar-refractivity contribution in [2.24, 2.45) is 0 Å². The van der Waals surface area contributed by atoms with E-state index < -0.39 is 0 Å². The second kappa shape index (κ2) is 15.9. The number of hydrogen-bond donors (Lipinski definition) is 0. The second-order valence-corrected chi connectivity index (χ2v) is 34.9. The Morgan fingerprint density at radius 1 is 0.273 bits per heavy atom. The predicted octanol–water partition coefficient (Wildman–Crippen LogP) is 10.8. The monoisotopic (exact) mass is 1140 g/mol. The molecule has 10 aliphatic heterocycles. The van der Waals surface area contributed by atoms with Crippen LogP contribution in [0.5, 0.6) is 0 Å². The van der Waals surface area contributed by atoms with Gasteiger partial charge in [0.15, 0.2) is 0 Å². The van der Waals surface area contributed by atoms with Crippen molar-refractivity contribution in [1.82, 2.24) is 0 Å². The highest BCUT2D eigenvalue weighted by molar-refractivity contribution is 7.06. The molecule has 5 nitrogen and oxygen atoms in total. The van der Waals surface area contributed by atoms with Crippen LogP contribution in [0.3, 0.4) is 0 Å². The first kappa shape index (κ1) is 52.7. The Hall–Kier alpha value is -7.18. The summed E-state index contributed by atoms with van der Waals surface area (Å²) in [4.78, 5) is 14.5. The molecule has 0 aliphatic carbocycles. The smallest absolute Gasteiger partial charge is 0.252 e. The van der Waals surface area contributed by atoms with Gasteiger partial charge in [-0.05, 0) is 157 Å². The summed E-state index contributed by atoms with van der Waals surface area (Å²) in [5.41, 5.74) is 40.7. The van der Waals surface area contributed by atoms with Crippen molar-refractivity contribution in [2.45, 2.75) is 157 Å². The third-order valence-corrected chi connectivity index (χ3v) is 23.6. The van der Waals surface area contributed by atoms with Gasteiger partial charge in [0.05, 0.1) is 5.69 Å². The van der Waals surface area contributed by atoms with Crippen molar-refractivity contribution in [2.75, 3.05) is 50.3 Å². The van der Waals surface area contributed by atoms with Crippen LogP contribution in [0.15, 0.2) is 109 Å². The average molecular weight is 1140 g/mol. The summed E-state index contributed by atoms with van der Waals surface area (Å²) in [6.07, 6.45) is 3.74. The highest BCUT2D eigenvalue weighted by Gasteiger charge is 2.59.